The number of aromatic amines is 1. The third-order valence-electron chi connectivity index (χ3n) is 3.02. The molecule has 1 aromatic carbocycles. The highest BCUT2D eigenvalue weighted by atomic mass is 16.5. The van der Waals surface area contributed by atoms with Crippen molar-refractivity contribution < 1.29 is 9.47 Å². The van der Waals surface area contributed by atoms with Crippen LogP contribution in [0.3, 0.4) is 0 Å². The van der Waals surface area contributed by atoms with Crippen LogP contribution in [0.5, 0.6) is 5.75 Å². The summed E-state index contributed by atoms with van der Waals surface area (Å²) in [5.41, 5.74) is 1.91. The Balaban J connectivity index is 2.29. The lowest BCUT2D eigenvalue weighted by Crippen LogP contribution is -2.23. The maximum atomic E-state index is 9.28. The fourth-order valence-corrected chi connectivity index (χ4v) is 2.02. The van der Waals surface area contributed by atoms with Crippen molar-refractivity contribution in [3.8, 4) is 11.8 Å². The number of ether oxygens (including phenoxy) is 2. The zero-order valence-corrected chi connectivity index (χ0v) is 11.1. The summed E-state index contributed by atoms with van der Waals surface area (Å²) in [7, 11) is 3.27. The predicted molar refractivity (Wildman–Crippen MR) is 73.1 cm³/mol. The SMILES string of the molecule is COCCNC(C#N)c1c[nH]c2ccc(OC)cc12. The summed E-state index contributed by atoms with van der Waals surface area (Å²) in [4.78, 5) is 3.17. The number of nitrogens with zero attached hydrogens (tertiary/aromatic N) is 1. The van der Waals surface area contributed by atoms with Crippen molar-refractivity contribution in [3.05, 3.63) is 30.0 Å². The highest BCUT2D eigenvalue weighted by Crippen LogP contribution is 2.27. The molecule has 2 rings (SSSR count). The van der Waals surface area contributed by atoms with E-state index in [4.69, 9.17) is 9.47 Å². The fraction of sp³-hybridized carbons (Fsp3) is 0.357. The summed E-state index contributed by atoms with van der Waals surface area (Å²) in [5, 5.41) is 13.4. The number of nitriles is 1. The van der Waals surface area contributed by atoms with Gasteiger partial charge in [0, 0.05) is 36.3 Å². The predicted octanol–water partition coefficient (Wildman–Crippen LogP) is 1.98. The number of methoxy groups -OCH3 is 2. The number of nitrogens with one attached hydrogen (secondary N) is 2. The minimum Gasteiger partial charge on any atom is -0.497 e. The van der Waals surface area contributed by atoms with Gasteiger partial charge >= 0.3 is 0 Å². The van der Waals surface area contributed by atoms with Crippen LogP contribution >= 0.6 is 0 Å². The van der Waals surface area contributed by atoms with Crippen molar-refractivity contribution in [2.24, 2.45) is 0 Å². The molecular weight excluding hydrogens is 242 g/mol. The van der Waals surface area contributed by atoms with Crippen LogP contribution in [0.25, 0.3) is 10.9 Å². The largest absolute Gasteiger partial charge is 0.497 e. The van der Waals surface area contributed by atoms with E-state index < -0.39 is 0 Å². The number of H-pyrrole nitrogens is 1. The van der Waals surface area contributed by atoms with Crippen molar-refractivity contribution in [1.29, 1.82) is 5.26 Å². The molecule has 5 heteroatoms. The van der Waals surface area contributed by atoms with Gasteiger partial charge in [0.25, 0.3) is 0 Å². The molecular formula is C14H17N3O2. The van der Waals surface area contributed by atoms with Gasteiger partial charge in [-0.05, 0) is 18.2 Å². The quantitative estimate of drug-likeness (QED) is 0.778. The molecule has 2 aromatic rings. The Morgan fingerprint density at radius 1 is 1.42 bits per heavy atom. The molecule has 0 saturated heterocycles. The smallest absolute Gasteiger partial charge is 0.123 e. The van der Waals surface area contributed by atoms with Gasteiger partial charge in [0.15, 0.2) is 0 Å². The molecule has 19 heavy (non-hydrogen) atoms. The molecule has 0 saturated carbocycles. The summed E-state index contributed by atoms with van der Waals surface area (Å²) in [6.07, 6.45) is 1.86. The Labute approximate surface area is 112 Å². The highest BCUT2D eigenvalue weighted by molar-refractivity contribution is 5.85. The van der Waals surface area contributed by atoms with Crippen LogP contribution < -0.4 is 10.1 Å². The summed E-state index contributed by atoms with van der Waals surface area (Å²) < 4.78 is 10.2. The van der Waals surface area contributed by atoms with E-state index >= 15 is 0 Å². The van der Waals surface area contributed by atoms with Gasteiger partial charge in [0.05, 0.1) is 19.8 Å². The van der Waals surface area contributed by atoms with Gasteiger partial charge in [0.1, 0.15) is 11.8 Å². The van der Waals surface area contributed by atoms with Crippen molar-refractivity contribution in [2.45, 2.75) is 6.04 Å². The summed E-state index contributed by atoms with van der Waals surface area (Å²) >= 11 is 0. The lowest BCUT2D eigenvalue weighted by Gasteiger charge is -2.10. The van der Waals surface area contributed by atoms with E-state index in [0.717, 1.165) is 22.2 Å². The van der Waals surface area contributed by atoms with Gasteiger partial charge in [-0.1, -0.05) is 0 Å². The van der Waals surface area contributed by atoms with Crippen molar-refractivity contribution in [1.82, 2.24) is 10.3 Å². The molecule has 0 spiro atoms. The van der Waals surface area contributed by atoms with E-state index in [1.807, 2.05) is 24.4 Å². The average Bonchev–Trinajstić information content (AvgIpc) is 2.86. The van der Waals surface area contributed by atoms with E-state index in [0.29, 0.717) is 13.2 Å². The second-order valence-electron chi connectivity index (χ2n) is 4.16. The zero-order chi connectivity index (χ0) is 13.7. The first kappa shape index (κ1) is 13.4. The van der Waals surface area contributed by atoms with E-state index in [-0.39, 0.29) is 6.04 Å². The van der Waals surface area contributed by atoms with Crippen molar-refractivity contribution >= 4 is 10.9 Å². The monoisotopic (exact) mass is 259 g/mol. The standard InChI is InChI=1S/C14H17N3O2/c1-18-6-5-16-14(8-15)12-9-17-13-4-3-10(19-2)7-11(12)13/h3-4,7,9,14,16-17H,5-6H2,1-2H3. The molecule has 1 aromatic heterocycles. The van der Waals surface area contributed by atoms with Crippen molar-refractivity contribution in [2.75, 3.05) is 27.4 Å². The van der Waals surface area contributed by atoms with Gasteiger partial charge in [-0.2, -0.15) is 5.26 Å². The Kier molecular flexibility index (Phi) is 4.39. The first-order valence-corrected chi connectivity index (χ1v) is 6.07. The third kappa shape index (κ3) is 2.87. The molecule has 2 N–H and O–H groups in total. The van der Waals surface area contributed by atoms with Gasteiger partial charge in [0.2, 0.25) is 0 Å². The lowest BCUT2D eigenvalue weighted by atomic mass is 10.1. The third-order valence-corrected chi connectivity index (χ3v) is 3.02. The molecule has 0 bridgehead atoms. The Morgan fingerprint density at radius 3 is 2.95 bits per heavy atom. The van der Waals surface area contributed by atoms with Gasteiger partial charge in [-0.3, -0.25) is 5.32 Å². The maximum absolute atomic E-state index is 9.28. The minimum absolute atomic E-state index is 0.365. The first-order valence-electron chi connectivity index (χ1n) is 6.07. The summed E-state index contributed by atoms with van der Waals surface area (Å²) in [6, 6.07) is 7.67. The van der Waals surface area contributed by atoms with Crippen LogP contribution in [-0.4, -0.2) is 32.4 Å². The van der Waals surface area contributed by atoms with Crippen LogP contribution in [0, 0.1) is 11.3 Å². The number of fused-ring (bicyclic) bond motifs is 1. The van der Waals surface area contributed by atoms with Gasteiger partial charge < -0.3 is 14.5 Å². The number of benzene rings is 1. The van der Waals surface area contributed by atoms with E-state index in [1.165, 1.54) is 0 Å². The molecule has 0 aliphatic rings. The van der Waals surface area contributed by atoms with E-state index in [9.17, 15) is 5.26 Å². The van der Waals surface area contributed by atoms with Gasteiger partial charge in [-0.25, -0.2) is 0 Å². The van der Waals surface area contributed by atoms with Crippen LogP contribution in [0.2, 0.25) is 0 Å². The van der Waals surface area contributed by atoms with Gasteiger partial charge in [-0.15, -0.1) is 0 Å². The molecule has 5 nitrogen and oxygen atoms in total. The number of aromatic nitrogens is 1. The van der Waals surface area contributed by atoms with E-state index in [1.54, 1.807) is 14.2 Å². The number of hydrogen-bond acceptors (Lipinski definition) is 4. The summed E-state index contributed by atoms with van der Waals surface area (Å²) in [6.45, 7) is 1.20. The second kappa shape index (κ2) is 6.23. The highest BCUT2D eigenvalue weighted by Gasteiger charge is 2.15. The van der Waals surface area contributed by atoms with Crippen LogP contribution in [0.15, 0.2) is 24.4 Å². The Morgan fingerprint density at radius 2 is 2.26 bits per heavy atom. The molecule has 1 atom stereocenters. The minimum atomic E-state index is -0.365. The average molecular weight is 259 g/mol. The van der Waals surface area contributed by atoms with Crippen LogP contribution in [0.1, 0.15) is 11.6 Å². The molecule has 1 unspecified atom stereocenters. The topological polar surface area (TPSA) is 70.1 Å². The fourth-order valence-electron chi connectivity index (χ4n) is 2.02. The second-order valence-corrected chi connectivity index (χ2v) is 4.16. The molecule has 0 radical (unpaired) electrons. The number of hydrogen-bond donors (Lipinski definition) is 2. The lowest BCUT2D eigenvalue weighted by molar-refractivity contribution is 0.198. The molecule has 0 fully saturated rings. The van der Waals surface area contributed by atoms with Crippen LogP contribution in [-0.2, 0) is 4.74 Å². The molecule has 0 amide bonds. The molecule has 100 valence electrons. The Bertz CT molecular complexity index is 586. The number of rotatable bonds is 6. The Hall–Kier alpha value is -2.03. The maximum Gasteiger partial charge on any atom is 0.123 e. The van der Waals surface area contributed by atoms with E-state index in [2.05, 4.69) is 16.4 Å². The molecule has 0 aliphatic carbocycles. The first-order chi connectivity index (χ1) is 9.30. The van der Waals surface area contributed by atoms with Crippen LogP contribution in [0.4, 0.5) is 0 Å². The zero-order valence-electron chi connectivity index (χ0n) is 11.1. The van der Waals surface area contributed by atoms with Crippen molar-refractivity contribution in [3.63, 3.8) is 0 Å². The summed E-state index contributed by atoms with van der Waals surface area (Å²) in [5.74, 6) is 0.780. The molecule has 1 heterocycles. The molecule has 0 aliphatic heterocycles. The normalized spacial score (nSPS) is 12.3.